The number of hydrogen-bond donors (Lipinski definition) is 3. The molecule has 1 aromatic carbocycles. The highest BCUT2D eigenvalue weighted by molar-refractivity contribution is 6.38. The van der Waals surface area contributed by atoms with Crippen LogP contribution in [0.25, 0.3) is 22.2 Å². The van der Waals surface area contributed by atoms with Gasteiger partial charge in [-0.2, -0.15) is 5.10 Å². The Bertz CT molecular complexity index is 1170. The number of aryl methyl sites for hydroxylation is 1. The molecule has 3 N–H and O–H groups in total. The van der Waals surface area contributed by atoms with Crippen LogP contribution >= 0.6 is 11.6 Å². The maximum atomic E-state index is 12.4. The first-order valence-corrected chi connectivity index (χ1v) is 9.49. The van der Waals surface area contributed by atoms with Crippen LogP contribution in [0.4, 0.5) is 10.6 Å². The van der Waals surface area contributed by atoms with E-state index in [0.29, 0.717) is 10.5 Å². The first kappa shape index (κ1) is 18.9. The molecule has 0 fully saturated rings. The number of rotatable bonds is 4. The number of urea groups is 1. The first-order valence-electron chi connectivity index (χ1n) is 9.11. The van der Waals surface area contributed by atoms with Crippen molar-refractivity contribution in [2.24, 2.45) is 0 Å². The Morgan fingerprint density at radius 1 is 1.17 bits per heavy atom. The van der Waals surface area contributed by atoms with Crippen molar-refractivity contribution in [3.63, 3.8) is 0 Å². The van der Waals surface area contributed by atoms with Gasteiger partial charge < -0.3 is 5.32 Å². The van der Waals surface area contributed by atoms with Crippen molar-refractivity contribution in [1.29, 1.82) is 0 Å². The van der Waals surface area contributed by atoms with Gasteiger partial charge in [-0.3, -0.25) is 15.4 Å². The second-order valence-corrected chi connectivity index (χ2v) is 7.08. The molecule has 0 saturated carbocycles. The van der Waals surface area contributed by atoms with Crippen molar-refractivity contribution in [2.45, 2.75) is 19.9 Å². The van der Waals surface area contributed by atoms with Crippen molar-refractivity contribution in [3.05, 3.63) is 71.1 Å². The maximum absolute atomic E-state index is 12.4. The van der Waals surface area contributed by atoms with Gasteiger partial charge in [0.05, 0.1) is 11.6 Å². The van der Waals surface area contributed by atoms with Crippen molar-refractivity contribution in [2.75, 3.05) is 5.32 Å². The van der Waals surface area contributed by atoms with Gasteiger partial charge in [0.1, 0.15) is 10.7 Å². The number of fused-ring (bicyclic) bond motifs is 1. The highest BCUT2D eigenvalue weighted by Gasteiger charge is 2.17. The molecule has 0 aliphatic heterocycles. The summed E-state index contributed by atoms with van der Waals surface area (Å²) in [4.78, 5) is 20.9. The summed E-state index contributed by atoms with van der Waals surface area (Å²) in [5.74, 6) is 0.262. The van der Waals surface area contributed by atoms with E-state index in [1.165, 1.54) is 0 Å². The summed E-state index contributed by atoms with van der Waals surface area (Å²) in [5.41, 5.74) is 4.14. The standard InChI is InChI=1S/C21H19ClN6O/c1-12-10-15(8-9-23-12)18-16-11-24-20(17(22)19(16)28-27-18)26-21(29)25-13(2)14-6-4-3-5-7-14/h3-11,13H,1-2H3,(H,27,28)(H2,24,25,26,29)/t13-/m1/s1. The Hall–Kier alpha value is -3.45. The van der Waals surface area contributed by atoms with Crippen LogP contribution in [-0.2, 0) is 0 Å². The highest BCUT2D eigenvalue weighted by Crippen LogP contribution is 2.33. The molecule has 0 aliphatic carbocycles. The Labute approximate surface area is 172 Å². The minimum absolute atomic E-state index is 0.160. The SMILES string of the molecule is Cc1cc(-c2n[nH]c3c(Cl)c(NC(=O)N[C@H](C)c4ccccc4)ncc23)ccn1. The molecule has 4 aromatic rings. The van der Waals surface area contributed by atoms with Crippen LogP contribution in [0.5, 0.6) is 0 Å². The average Bonchev–Trinajstić information content (AvgIpc) is 3.15. The molecule has 0 aliphatic rings. The van der Waals surface area contributed by atoms with Crippen LogP contribution in [0.3, 0.4) is 0 Å². The smallest absolute Gasteiger partial charge is 0.320 e. The second-order valence-electron chi connectivity index (χ2n) is 6.70. The zero-order chi connectivity index (χ0) is 20.4. The molecule has 0 bridgehead atoms. The van der Waals surface area contributed by atoms with E-state index >= 15 is 0 Å². The molecule has 3 heterocycles. The molecule has 4 rings (SSSR count). The van der Waals surface area contributed by atoms with E-state index in [9.17, 15) is 4.79 Å². The Balaban J connectivity index is 1.56. The van der Waals surface area contributed by atoms with E-state index in [-0.39, 0.29) is 17.9 Å². The van der Waals surface area contributed by atoms with Gasteiger partial charge in [-0.1, -0.05) is 41.9 Å². The number of hydrogen-bond acceptors (Lipinski definition) is 4. The topological polar surface area (TPSA) is 95.6 Å². The van der Waals surface area contributed by atoms with Crippen LogP contribution in [0.2, 0.25) is 5.02 Å². The fraction of sp³-hybridized carbons (Fsp3) is 0.143. The Morgan fingerprint density at radius 2 is 1.97 bits per heavy atom. The third-order valence-corrected chi connectivity index (χ3v) is 4.97. The van der Waals surface area contributed by atoms with E-state index in [1.54, 1.807) is 12.4 Å². The third-order valence-electron chi connectivity index (χ3n) is 4.60. The quantitative estimate of drug-likeness (QED) is 0.450. The van der Waals surface area contributed by atoms with Gasteiger partial charge in [0.2, 0.25) is 0 Å². The van der Waals surface area contributed by atoms with E-state index in [1.807, 2.05) is 56.3 Å². The molecule has 0 unspecified atom stereocenters. The zero-order valence-corrected chi connectivity index (χ0v) is 16.7. The normalized spacial score (nSPS) is 12.0. The molecule has 0 saturated heterocycles. The largest absolute Gasteiger partial charge is 0.331 e. The van der Waals surface area contributed by atoms with Gasteiger partial charge in [-0.25, -0.2) is 9.78 Å². The van der Waals surface area contributed by atoms with Crippen LogP contribution in [0, 0.1) is 6.92 Å². The second kappa shape index (κ2) is 7.89. The van der Waals surface area contributed by atoms with Gasteiger partial charge in [0.15, 0.2) is 5.82 Å². The molecule has 0 spiro atoms. The highest BCUT2D eigenvalue weighted by atomic mass is 35.5. The predicted octanol–water partition coefficient (Wildman–Crippen LogP) is 4.86. The van der Waals surface area contributed by atoms with Crippen molar-refractivity contribution < 1.29 is 4.79 Å². The molecule has 7 nitrogen and oxygen atoms in total. The fourth-order valence-corrected chi connectivity index (χ4v) is 3.35. The number of aromatic nitrogens is 4. The van der Waals surface area contributed by atoms with Crippen molar-refractivity contribution >= 4 is 34.4 Å². The Kier molecular flexibility index (Phi) is 5.14. The maximum Gasteiger partial charge on any atom is 0.320 e. The number of halogens is 1. The van der Waals surface area contributed by atoms with E-state index in [2.05, 4.69) is 30.8 Å². The summed E-state index contributed by atoms with van der Waals surface area (Å²) in [6, 6.07) is 13.0. The molecule has 29 heavy (non-hydrogen) atoms. The lowest BCUT2D eigenvalue weighted by Gasteiger charge is -2.15. The summed E-state index contributed by atoms with van der Waals surface area (Å²) in [6.07, 6.45) is 3.38. The average molecular weight is 407 g/mol. The summed E-state index contributed by atoms with van der Waals surface area (Å²) in [5, 5.41) is 14.0. The van der Waals surface area contributed by atoms with Crippen LogP contribution < -0.4 is 10.6 Å². The van der Waals surface area contributed by atoms with Gasteiger partial charge in [0, 0.05) is 29.0 Å². The molecular weight excluding hydrogens is 388 g/mol. The number of aromatic amines is 1. The molecule has 146 valence electrons. The molecule has 2 amide bonds. The summed E-state index contributed by atoms with van der Waals surface area (Å²) >= 11 is 6.48. The zero-order valence-electron chi connectivity index (χ0n) is 15.9. The van der Waals surface area contributed by atoms with Crippen LogP contribution in [0.15, 0.2) is 54.9 Å². The summed E-state index contributed by atoms with van der Waals surface area (Å²) in [7, 11) is 0. The van der Waals surface area contributed by atoms with Gasteiger partial charge >= 0.3 is 6.03 Å². The molecule has 8 heteroatoms. The number of anilines is 1. The van der Waals surface area contributed by atoms with Crippen LogP contribution in [-0.4, -0.2) is 26.2 Å². The van der Waals surface area contributed by atoms with Crippen LogP contribution in [0.1, 0.15) is 24.2 Å². The number of H-pyrrole nitrogens is 1. The van der Waals surface area contributed by atoms with E-state index in [0.717, 1.165) is 27.9 Å². The fourth-order valence-electron chi connectivity index (χ4n) is 3.11. The monoisotopic (exact) mass is 406 g/mol. The number of benzene rings is 1. The van der Waals surface area contributed by atoms with Gasteiger partial charge in [-0.05, 0) is 31.5 Å². The lowest BCUT2D eigenvalue weighted by Crippen LogP contribution is -2.31. The number of carbonyl (C=O) groups is 1. The minimum atomic E-state index is -0.389. The summed E-state index contributed by atoms with van der Waals surface area (Å²) in [6.45, 7) is 3.83. The lowest BCUT2D eigenvalue weighted by molar-refractivity contribution is 0.249. The number of amides is 2. The number of nitrogens with zero attached hydrogens (tertiary/aromatic N) is 3. The van der Waals surface area contributed by atoms with Gasteiger partial charge in [-0.15, -0.1) is 0 Å². The van der Waals surface area contributed by atoms with E-state index in [4.69, 9.17) is 11.6 Å². The third kappa shape index (κ3) is 3.90. The molecule has 1 atom stereocenters. The van der Waals surface area contributed by atoms with E-state index < -0.39 is 0 Å². The lowest BCUT2D eigenvalue weighted by atomic mass is 10.1. The Morgan fingerprint density at radius 3 is 2.72 bits per heavy atom. The van der Waals surface area contributed by atoms with Crippen molar-refractivity contribution in [1.82, 2.24) is 25.5 Å². The summed E-state index contributed by atoms with van der Waals surface area (Å²) < 4.78 is 0. The molecular formula is C21H19ClN6O. The minimum Gasteiger partial charge on any atom is -0.331 e. The number of nitrogens with one attached hydrogen (secondary N) is 3. The predicted molar refractivity (Wildman–Crippen MR) is 114 cm³/mol. The van der Waals surface area contributed by atoms with Gasteiger partial charge in [0.25, 0.3) is 0 Å². The number of pyridine rings is 2. The van der Waals surface area contributed by atoms with Crippen molar-refractivity contribution in [3.8, 4) is 11.3 Å². The number of carbonyl (C=O) groups excluding carboxylic acids is 1. The molecule has 0 radical (unpaired) electrons. The first-order chi connectivity index (χ1) is 14.0. The molecule has 3 aromatic heterocycles.